The first-order chi connectivity index (χ1) is 12.9. The molecule has 0 unspecified atom stereocenters. The third kappa shape index (κ3) is 6.47. The molecule has 0 aliphatic carbocycles. The maximum atomic E-state index is 13.2. The third-order valence-electron chi connectivity index (χ3n) is 4.40. The average molecular weight is 388 g/mol. The van der Waals surface area contributed by atoms with Crippen molar-refractivity contribution in [2.24, 2.45) is 5.92 Å². The van der Waals surface area contributed by atoms with Crippen LogP contribution in [-0.2, 0) is 9.59 Å². The van der Waals surface area contributed by atoms with Crippen molar-refractivity contribution in [3.63, 3.8) is 0 Å². The molecule has 0 saturated carbocycles. The second-order valence-corrected chi connectivity index (χ2v) is 8.37. The molecule has 1 heterocycles. The van der Waals surface area contributed by atoms with Crippen molar-refractivity contribution in [3.05, 3.63) is 47.0 Å². The number of carbonyl (C=O) groups excluding carboxylic acids is 2. The fourth-order valence-electron chi connectivity index (χ4n) is 2.88. The highest BCUT2D eigenvalue weighted by Gasteiger charge is 2.26. The molecule has 1 aromatic heterocycles. The Labute approximate surface area is 165 Å². The zero-order chi connectivity index (χ0) is 19.8. The van der Waals surface area contributed by atoms with Gasteiger partial charge in [-0.15, -0.1) is 11.3 Å². The van der Waals surface area contributed by atoms with Gasteiger partial charge >= 0.3 is 0 Å². The molecule has 0 radical (unpaired) electrons. The fraction of sp³-hybridized carbons (Fsp3) is 0.476. The molecule has 6 heteroatoms. The Morgan fingerprint density at radius 2 is 1.93 bits per heavy atom. The van der Waals surface area contributed by atoms with Gasteiger partial charge in [0.1, 0.15) is 0 Å². The lowest BCUT2D eigenvalue weighted by Crippen LogP contribution is -2.41. The number of amides is 2. The lowest BCUT2D eigenvalue weighted by atomic mass is 9.94. The maximum Gasteiger partial charge on any atom is 0.245 e. The Morgan fingerprint density at radius 1 is 1.22 bits per heavy atom. The van der Waals surface area contributed by atoms with E-state index in [9.17, 15) is 9.59 Å². The summed E-state index contributed by atoms with van der Waals surface area (Å²) in [5, 5.41) is 3.38. The predicted octanol–water partition coefficient (Wildman–Crippen LogP) is 4.46. The molecular weight excluding hydrogens is 358 g/mol. The fourth-order valence-corrected chi connectivity index (χ4v) is 3.57. The molecule has 1 atom stereocenters. The van der Waals surface area contributed by atoms with Crippen molar-refractivity contribution in [2.45, 2.75) is 46.5 Å². The molecule has 0 saturated heterocycles. The average Bonchev–Trinajstić information content (AvgIpc) is 3.04. The number of nitrogens with one attached hydrogen (secondary N) is 1. The summed E-state index contributed by atoms with van der Waals surface area (Å²) in [6.07, 6.45) is 3.29. The summed E-state index contributed by atoms with van der Waals surface area (Å²) in [6, 6.07) is 9.79. The molecule has 0 spiro atoms. The summed E-state index contributed by atoms with van der Waals surface area (Å²) in [6.45, 7) is 8.81. The highest BCUT2D eigenvalue weighted by Crippen LogP contribution is 2.23. The smallest absolute Gasteiger partial charge is 0.245 e. The van der Waals surface area contributed by atoms with Crippen molar-refractivity contribution < 1.29 is 9.59 Å². The van der Waals surface area contributed by atoms with Crippen molar-refractivity contribution in [2.75, 3.05) is 18.4 Å². The summed E-state index contributed by atoms with van der Waals surface area (Å²) in [4.78, 5) is 32.6. The molecule has 0 aliphatic rings. The first-order valence-electron chi connectivity index (χ1n) is 9.46. The zero-order valence-electron chi connectivity index (χ0n) is 16.6. The highest BCUT2D eigenvalue weighted by atomic mass is 32.1. The number of hydrogen-bond donors (Lipinski definition) is 1. The predicted molar refractivity (Wildman–Crippen MR) is 111 cm³/mol. The number of aryl methyl sites for hydroxylation is 1. The molecule has 1 N–H and O–H groups in total. The second kappa shape index (κ2) is 10.2. The minimum absolute atomic E-state index is 0.00909. The number of carbonyl (C=O) groups is 2. The summed E-state index contributed by atoms with van der Waals surface area (Å²) in [5.74, 6) is 0.0363. The van der Waals surface area contributed by atoms with Gasteiger partial charge in [0.05, 0.1) is 12.5 Å². The SMILES string of the molecule is CC[C@H](C(=O)N(CCC(C)C)CC(=O)Nc1ncc(C)s1)c1ccccc1. The van der Waals surface area contributed by atoms with Gasteiger partial charge in [-0.25, -0.2) is 4.98 Å². The molecule has 146 valence electrons. The third-order valence-corrected chi connectivity index (χ3v) is 5.23. The number of thiazole rings is 1. The summed E-state index contributed by atoms with van der Waals surface area (Å²) in [5.41, 5.74) is 0.996. The van der Waals surface area contributed by atoms with E-state index in [0.29, 0.717) is 24.0 Å². The van der Waals surface area contributed by atoms with Crippen molar-refractivity contribution >= 4 is 28.3 Å². The standard InChI is InChI=1S/C21H29N3O2S/c1-5-18(17-9-7-6-8-10-17)20(26)24(12-11-15(2)3)14-19(25)23-21-22-13-16(4)27-21/h6-10,13,15,18H,5,11-12,14H2,1-4H3,(H,22,23,25)/t18-/m0/s1. The van der Waals surface area contributed by atoms with Gasteiger partial charge in [0.15, 0.2) is 5.13 Å². The van der Waals surface area contributed by atoms with Crippen LogP contribution in [0.3, 0.4) is 0 Å². The van der Waals surface area contributed by atoms with E-state index in [-0.39, 0.29) is 24.3 Å². The van der Waals surface area contributed by atoms with Crippen LogP contribution >= 0.6 is 11.3 Å². The van der Waals surface area contributed by atoms with E-state index >= 15 is 0 Å². The van der Waals surface area contributed by atoms with E-state index in [0.717, 1.165) is 16.9 Å². The number of rotatable bonds is 9. The first kappa shape index (κ1) is 21.1. The van der Waals surface area contributed by atoms with Gasteiger partial charge in [-0.1, -0.05) is 51.1 Å². The molecule has 2 rings (SSSR count). The lowest BCUT2D eigenvalue weighted by molar-refractivity contribution is -0.136. The topological polar surface area (TPSA) is 62.3 Å². The largest absolute Gasteiger partial charge is 0.333 e. The molecule has 0 bridgehead atoms. The van der Waals surface area contributed by atoms with E-state index in [2.05, 4.69) is 24.1 Å². The Kier molecular flexibility index (Phi) is 7.98. The number of aromatic nitrogens is 1. The van der Waals surface area contributed by atoms with Gasteiger partial charge in [-0.2, -0.15) is 0 Å². The van der Waals surface area contributed by atoms with Gasteiger partial charge in [-0.3, -0.25) is 9.59 Å². The van der Waals surface area contributed by atoms with Crippen LogP contribution in [0, 0.1) is 12.8 Å². The van der Waals surface area contributed by atoms with E-state index in [1.807, 2.05) is 44.2 Å². The monoisotopic (exact) mass is 387 g/mol. The van der Waals surface area contributed by atoms with Crippen LogP contribution in [0.5, 0.6) is 0 Å². The van der Waals surface area contributed by atoms with Crippen LogP contribution in [-0.4, -0.2) is 34.8 Å². The molecule has 5 nitrogen and oxygen atoms in total. The van der Waals surface area contributed by atoms with Crippen LogP contribution in [0.15, 0.2) is 36.5 Å². The van der Waals surface area contributed by atoms with Gasteiger partial charge in [-0.05, 0) is 31.2 Å². The van der Waals surface area contributed by atoms with Crippen LogP contribution in [0.4, 0.5) is 5.13 Å². The Hall–Kier alpha value is -2.21. The molecule has 0 fully saturated rings. The van der Waals surface area contributed by atoms with E-state index in [1.54, 1.807) is 11.1 Å². The molecule has 1 aromatic carbocycles. The molecule has 27 heavy (non-hydrogen) atoms. The second-order valence-electron chi connectivity index (χ2n) is 7.14. The minimum atomic E-state index is -0.228. The molecule has 2 aromatic rings. The highest BCUT2D eigenvalue weighted by molar-refractivity contribution is 7.15. The molecular formula is C21H29N3O2S. The van der Waals surface area contributed by atoms with E-state index in [1.165, 1.54) is 11.3 Å². The van der Waals surface area contributed by atoms with Gasteiger partial charge < -0.3 is 10.2 Å². The van der Waals surface area contributed by atoms with Crippen LogP contribution < -0.4 is 5.32 Å². The number of benzene rings is 1. The van der Waals surface area contributed by atoms with Crippen molar-refractivity contribution in [1.29, 1.82) is 0 Å². The summed E-state index contributed by atoms with van der Waals surface area (Å²) < 4.78 is 0. The van der Waals surface area contributed by atoms with Crippen molar-refractivity contribution in [3.8, 4) is 0 Å². The maximum absolute atomic E-state index is 13.2. The lowest BCUT2D eigenvalue weighted by Gasteiger charge is -2.27. The van der Waals surface area contributed by atoms with E-state index in [4.69, 9.17) is 0 Å². The van der Waals surface area contributed by atoms with Crippen molar-refractivity contribution in [1.82, 2.24) is 9.88 Å². The minimum Gasteiger partial charge on any atom is -0.333 e. The number of nitrogens with zero attached hydrogens (tertiary/aromatic N) is 2. The van der Waals surface area contributed by atoms with Gasteiger partial charge in [0.25, 0.3) is 0 Å². The van der Waals surface area contributed by atoms with Crippen LogP contribution in [0.2, 0.25) is 0 Å². The van der Waals surface area contributed by atoms with Gasteiger partial charge in [0, 0.05) is 17.6 Å². The van der Waals surface area contributed by atoms with Crippen LogP contribution in [0.25, 0.3) is 0 Å². The number of anilines is 1. The van der Waals surface area contributed by atoms with E-state index < -0.39 is 0 Å². The quantitative estimate of drug-likeness (QED) is 0.691. The summed E-state index contributed by atoms with van der Waals surface area (Å²) >= 11 is 1.43. The molecule has 0 aliphatic heterocycles. The first-order valence-corrected chi connectivity index (χ1v) is 10.3. The Morgan fingerprint density at radius 3 is 2.48 bits per heavy atom. The number of hydrogen-bond acceptors (Lipinski definition) is 4. The summed E-state index contributed by atoms with van der Waals surface area (Å²) in [7, 11) is 0. The zero-order valence-corrected chi connectivity index (χ0v) is 17.4. The normalized spacial score (nSPS) is 12.0. The van der Waals surface area contributed by atoms with Crippen LogP contribution in [0.1, 0.15) is 50.0 Å². The van der Waals surface area contributed by atoms with Gasteiger partial charge in [0.2, 0.25) is 11.8 Å². The molecule has 2 amide bonds. The Balaban J connectivity index is 2.11. The Bertz CT molecular complexity index is 743.